The number of rotatable bonds is 6. The van der Waals surface area contributed by atoms with Gasteiger partial charge < -0.3 is 0 Å². The molecule has 3 N–H and O–H groups in total. The lowest BCUT2D eigenvalue weighted by Crippen LogP contribution is -2.29. The zero-order valence-corrected chi connectivity index (χ0v) is 17.3. The second-order valence-corrected chi connectivity index (χ2v) is 11.5. The minimum absolute atomic E-state index is 0.0741. The highest BCUT2D eigenvalue weighted by Crippen LogP contribution is 2.26. The summed E-state index contributed by atoms with van der Waals surface area (Å²) >= 11 is 0. The third-order valence-electron chi connectivity index (χ3n) is 4.18. The number of benzene rings is 2. The SMILES string of the molecule is NS(=O)(=O)c1ccc(CNS(=O)(=O)c2ccc(N3C(=O)CCS3(=O)=O)cc2)cc1. The molecule has 1 saturated heterocycles. The van der Waals surface area contributed by atoms with E-state index in [-0.39, 0.29) is 34.2 Å². The Balaban J connectivity index is 1.74. The molecule has 13 heteroatoms. The molecule has 0 aromatic heterocycles. The van der Waals surface area contributed by atoms with Crippen LogP contribution in [-0.2, 0) is 41.4 Å². The van der Waals surface area contributed by atoms with Gasteiger partial charge in [-0.2, -0.15) is 0 Å². The maximum atomic E-state index is 12.4. The monoisotopic (exact) mass is 459 g/mol. The molecule has 29 heavy (non-hydrogen) atoms. The Labute approximate surface area is 168 Å². The number of amides is 1. The second kappa shape index (κ2) is 7.50. The summed E-state index contributed by atoms with van der Waals surface area (Å²) in [5.41, 5.74) is 0.580. The van der Waals surface area contributed by atoms with Crippen molar-refractivity contribution in [1.29, 1.82) is 0 Å². The average molecular weight is 460 g/mol. The average Bonchev–Trinajstić information content (AvgIpc) is 2.92. The molecule has 3 rings (SSSR count). The molecule has 0 atom stereocenters. The molecule has 1 aliphatic rings. The van der Waals surface area contributed by atoms with E-state index < -0.39 is 36.0 Å². The van der Waals surface area contributed by atoms with Crippen LogP contribution in [0, 0.1) is 0 Å². The topological polar surface area (TPSA) is 161 Å². The Morgan fingerprint density at radius 2 is 1.48 bits per heavy atom. The quantitative estimate of drug-likeness (QED) is 0.608. The molecular formula is C16H17N3O7S3. The summed E-state index contributed by atoms with van der Waals surface area (Å²) in [5, 5.41) is 5.01. The van der Waals surface area contributed by atoms with Gasteiger partial charge in [0.2, 0.25) is 36.0 Å². The Morgan fingerprint density at radius 3 is 1.97 bits per heavy atom. The van der Waals surface area contributed by atoms with E-state index in [9.17, 15) is 30.0 Å². The standard InChI is InChI=1S/C16H17N3O7S3/c17-28(23,24)14-5-1-12(2-6-14)11-18-29(25,26)15-7-3-13(4-8-15)19-16(20)9-10-27(19,21)22/h1-8,18H,9-11H2,(H2,17,23,24). The predicted octanol–water partition coefficient (Wildman–Crippen LogP) is -0.121. The van der Waals surface area contributed by atoms with Crippen molar-refractivity contribution in [2.75, 3.05) is 10.1 Å². The molecule has 10 nitrogen and oxygen atoms in total. The van der Waals surface area contributed by atoms with Crippen molar-refractivity contribution in [2.45, 2.75) is 22.8 Å². The smallest absolute Gasteiger partial charge is 0.242 e. The fourth-order valence-corrected chi connectivity index (χ4v) is 5.68. The van der Waals surface area contributed by atoms with Crippen LogP contribution in [0.25, 0.3) is 0 Å². The summed E-state index contributed by atoms with van der Waals surface area (Å²) < 4.78 is 74.2. The molecule has 0 bridgehead atoms. The Morgan fingerprint density at radius 1 is 0.931 bits per heavy atom. The van der Waals surface area contributed by atoms with Crippen LogP contribution in [0.2, 0.25) is 0 Å². The van der Waals surface area contributed by atoms with Crippen molar-refractivity contribution in [2.24, 2.45) is 5.14 Å². The lowest BCUT2D eigenvalue weighted by molar-refractivity contribution is -0.116. The Kier molecular flexibility index (Phi) is 5.53. The van der Waals surface area contributed by atoms with Gasteiger partial charge in [-0.3, -0.25) is 4.79 Å². The normalized spacial score (nSPS) is 16.9. The largest absolute Gasteiger partial charge is 0.273 e. The van der Waals surface area contributed by atoms with E-state index in [0.717, 1.165) is 0 Å². The fraction of sp³-hybridized carbons (Fsp3) is 0.188. The molecule has 1 aliphatic heterocycles. The first-order chi connectivity index (χ1) is 13.4. The molecule has 1 amide bonds. The van der Waals surface area contributed by atoms with E-state index in [1.807, 2.05) is 0 Å². The summed E-state index contributed by atoms with van der Waals surface area (Å²) in [6, 6.07) is 10.3. The molecule has 0 saturated carbocycles. The molecule has 0 radical (unpaired) electrons. The van der Waals surface area contributed by atoms with Crippen molar-refractivity contribution in [1.82, 2.24) is 4.72 Å². The van der Waals surface area contributed by atoms with E-state index >= 15 is 0 Å². The van der Waals surface area contributed by atoms with Gasteiger partial charge in [0.1, 0.15) is 0 Å². The highest BCUT2D eigenvalue weighted by atomic mass is 32.2. The second-order valence-electron chi connectivity index (χ2n) is 6.23. The van der Waals surface area contributed by atoms with Crippen molar-refractivity contribution in [3.63, 3.8) is 0 Å². The number of anilines is 1. The number of hydrogen-bond donors (Lipinski definition) is 2. The van der Waals surface area contributed by atoms with Gasteiger partial charge in [0.25, 0.3) is 0 Å². The maximum absolute atomic E-state index is 12.4. The number of nitrogens with one attached hydrogen (secondary N) is 1. The van der Waals surface area contributed by atoms with Crippen LogP contribution in [-0.4, -0.2) is 36.9 Å². The van der Waals surface area contributed by atoms with Crippen LogP contribution in [0.4, 0.5) is 5.69 Å². The molecule has 1 fully saturated rings. The highest BCUT2D eigenvalue weighted by Gasteiger charge is 2.36. The molecule has 1 heterocycles. The van der Waals surface area contributed by atoms with Crippen molar-refractivity contribution in [3.05, 3.63) is 54.1 Å². The van der Waals surface area contributed by atoms with E-state index in [4.69, 9.17) is 5.14 Å². The zero-order chi connectivity index (χ0) is 21.4. The van der Waals surface area contributed by atoms with Crippen LogP contribution in [0.15, 0.2) is 58.3 Å². The van der Waals surface area contributed by atoms with Crippen LogP contribution in [0.5, 0.6) is 0 Å². The van der Waals surface area contributed by atoms with Crippen LogP contribution in [0.3, 0.4) is 0 Å². The highest BCUT2D eigenvalue weighted by molar-refractivity contribution is 7.94. The van der Waals surface area contributed by atoms with Crippen LogP contribution >= 0.6 is 0 Å². The zero-order valence-electron chi connectivity index (χ0n) is 14.8. The van der Waals surface area contributed by atoms with Crippen molar-refractivity contribution < 1.29 is 30.0 Å². The van der Waals surface area contributed by atoms with E-state index in [1.54, 1.807) is 0 Å². The fourth-order valence-electron chi connectivity index (χ4n) is 2.69. The summed E-state index contributed by atoms with van der Waals surface area (Å²) in [6.45, 7) is -0.103. The molecule has 0 unspecified atom stereocenters. The summed E-state index contributed by atoms with van der Waals surface area (Å²) in [4.78, 5) is 11.6. The Bertz CT molecular complexity index is 1250. The third-order valence-corrected chi connectivity index (χ3v) is 8.22. The van der Waals surface area contributed by atoms with Crippen molar-refractivity contribution in [3.8, 4) is 0 Å². The number of primary sulfonamides is 1. The minimum atomic E-state index is -3.93. The van der Waals surface area contributed by atoms with Gasteiger partial charge in [0.15, 0.2) is 0 Å². The summed E-state index contributed by atoms with van der Waals surface area (Å²) in [6.07, 6.45) is -0.117. The number of nitrogens with zero attached hydrogens (tertiary/aromatic N) is 1. The van der Waals surface area contributed by atoms with Crippen LogP contribution < -0.4 is 14.2 Å². The minimum Gasteiger partial charge on any atom is -0.273 e. The Hall–Kier alpha value is -2.32. The molecular weight excluding hydrogens is 442 g/mol. The molecule has 0 aliphatic carbocycles. The number of carbonyl (C=O) groups excluding carboxylic acids is 1. The summed E-state index contributed by atoms with van der Waals surface area (Å²) in [5.74, 6) is -0.848. The number of carbonyl (C=O) groups is 1. The van der Waals surface area contributed by atoms with Crippen molar-refractivity contribution >= 4 is 41.7 Å². The van der Waals surface area contributed by atoms with Gasteiger partial charge in [0.05, 0.1) is 21.2 Å². The predicted molar refractivity (Wildman–Crippen MR) is 104 cm³/mol. The van der Waals surface area contributed by atoms with Gasteiger partial charge in [-0.1, -0.05) is 12.1 Å². The van der Waals surface area contributed by atoms with Crippen LogP contribution in [0.1, 0.15) is 12.0 Å². The van der Waals surface area contributed by atoms with E-state index in [2.05, 4.69) is 4.72 Å². The number of hydrogen-bond acceptors (Lipinski definition) is 7. The molecule has 0 spiro atoms. The van der Waals surface area contributed by atoms with Gasteiger partial charge in [-0.05, 0) is 42.0 Å². The first-order valence-corrected chi connectivity index (χ1v) is 12.8. The number of nitrogens with two attached hydrogens (primary N) is 1. The first-order valence-electron chi connectivity index (χ1n) is 8.17. The number of sulfonamides is 3. The van der Waals surface area contributed by atoms with Gasteiger partial charge in [-0.15, -0.1) is 0 Å². The third kappa shape index (κ3) is 4.64. The lowest BCUT2D eigenvalue weighted by Gasteiger charge is -2.15. The van der Waals surface area contributed by atoms with Gasteiger partial charge in [0, 0.05) is 13.0 Å². The first kappa shape index (κ1) is 21.4. The van der Waals surface area contributed by atoms with Gasteiger partial charge in [-0.25, -0.2) is 39.4 Å². The molecule has 2 aromatic carbocycles. The maximum Gasteiger partial charge on any atom is 0.242 e. The van der Waals surface area contributed by atoms with E-state index in [0.29, 0.717) is 9.87 Å². The van der Waals surface area contributed by atoms with Gasteiger partial charge >= 0.3 is 0 Å². The molecule has 2 aromatic rings. The van der Waals surface area contributed by atoms with E-state index in [1.165, 1.54) is 48.5 Å². The summed E-state index contributed by atoms with van der Waals surface area (Å²) in [7, 11) is -11.5. The molecule has 156 valence electrons. The lowest BCUT2D eigenvalue weighted by atomic mass is 10.2.